The van der Waals surface area contributed by atoms with Crippen molar-refractivity contribution >= 4 is 25.7 Å². The number of amides is 1. The minimum atomic E-state index is -1.27. The number of unbranched alkanes of at least 4 members (excludes halogenated alkanes) is 1. The van der Waals surface area contributed by atoms with Crippen LogP contribution in [0.3, 0.4) is 0 Å². The van der Waals surface area contributed by atoms with Crippen LogP contribution < -0.4 is 5.32 Å². The fraction of sp³-hybridized carbons (Fsp3) is 0.588. The summed E-state index contributed by atoms with van der Waals surface area (Å²) in [4.78, 5) is 15.7. The van der Waals surface area contributed by atoms with E-state index in [4.69, 9.17) is 0 Å². The van der Waals surface area contributed by atoms with E-state index in [0.29, 0.717) is 12.3 Å². The molecule has 0 aliphatic heterocycles. The van der Waals surface area contributed by atoms with E-state index >= 15 is 0 Å². The number of likely N-dealkylation sites (N-methyl/N-ethyl adjacent to an activating group) is 1. The maximum atomic E-state index is 11.9. The Hall–Kier alpha value is -0.820. The van der Waals surface area contributed by atoms with Crippen molar-refractivity contribution < 1.29 is 9.90 Å². The van der Waals surface area contributed by atoms with Crippen molar-refractivity contribution in [3.05, 3.63) is 27.3 Å². The number of hydrogen-bond donors (Lipinski definition) is 2. The molecule has 0 aliphatic rings. The number of carbonyl (C=O) groups is 1. The van der Waals surface area contributed by atoms with E-state index in [-0.39, 0.29) is 11.9 Å². The first-order valence-corrected chi connectivity index (χ1v) is 12.5. The molecule has 0 aliphatic carbocycles. The Bertz CT molecular complexity index is 492. The molecule has 1 atom stereocenters. The van der Waals surface area contributed by atoms with Gasteiger partial charge in [0.05, 0.1) is 0 Å². The van der Waals surface area contributed by atoms with Gasteiger partial charge in [-0.2, -0.15) is 0 Å². The summed E-state index contributed by atoms with van der Waals surface area (Å²) in [5, 5.41) is 13.7. The number of alkyl halides is 2. The van der Waals surface area contributed by atoms with Crippen molar-refractivity contribution in [2.45, 2.75) is 39.3 Å². The SMILES string of the molecule is CCCCI(C)c1cccc(CNC(C)C(=O)N(C)C)c1O. The third-order valence-electron chi connectivity index (χ3n) is 3.60. The molecule has 0 aromatic heterocycles. The van der Waals surface area contributed by atoms with Gasteiger partial charge in [0.15, 0.2) is 0 Å². The summed E-state index contributed by atoms with van der Waals surface area (Å²) in [5.41, 5.74) is 0.886. The molecular weight excluding hydrogens is 391 g/mol. The van der Waals surface area contributed by atoms with Crippen LogP contribution in [0.2, 0.25) is 0 Å². The normalized spacial score (nSPS) is 12.9. The summed E-state index contributed by atoms with van der Waals surface area (Å²) in [6.45, 7) is 4.56. The van der Waals surface area contributed by atoms with Crippen LogP contribution in [0.25, 0.3) is 0 Å². The van der Waals surface area contributed by atoms with E-state index in [0.717, 1.165) is 9.13 Å². The Morgan fingerprint density at radius 3 is 2.68 bits per heavy atom. The second-order valence-electron chi connectivity index (χ2n) is 5.72. The molecule has 0 spiro atoms. The van der Waals surface area contributed by atoms with Gasteiger partial charge in [-0.15, -0.1) is 0 Å². The van der Waals surface area contributed by atoms with Crippen LogP contribution in [-0.2, 0) is 11.3 Å². The summed E-state index contributed by atoms with van der Waals surface area (Å²) < 4.78 is 2.39. The van der Waals surface area contributed by atoms with Gasteiger partial charge in [0.2, 0.25) is 0 Å². The molecule has 0 radical (unpaired) electrons. The van der Waals surface area contributed by atoms with Crippen LogP contribution in [0.1, 0.15) is 32.3 Å². The van der Waals surface area contributed by atoms with Gasteiger partial charge < -0.3 is 0 Å². The number of benzene rings is 1. The summed E-state index contributed by atoms with van der Waals surface area (Å²) in [5.74, 6) is 0.478. The molecule has 0 fully saturated rings. The van der Waals surface area contributed by atoms with Crippen molar-refractivity contribution in [2.24, 2.45) is 0 Å². The zero-order valence-electron chi connectivity index (χ0n) is 14.3. The molecule has 1 amide bonds. The van der Waals surface area contributed by atoms with Crippen LogP contribution in [-0.4, -0.2) is 45.4 Å². The first kappa shape index (κ1) is 19.2. The first-order chi connectivity index (χ1) is 10.4. The van der Waals surface area contributed by atoms with Crippen molar-refractivity contribution in [3.8, 4) is 5.75 Å². The fourth-order valence-electron chi connectivity index (χ4n) is 2.14. The Morgan fingerprint density at radius 1 is 1.41 bits per heavy atom. The van der Waals surface area contributed by atoms with Gasteiger partial charge in [-0.25, -0.2) is 0 Å². The summed E-state index contributed by atoms with van der Waals surface area (Å²) in [6, 6.07) is 5.76. The van der Waals surface area contributed by atoms with E-state index in [2.05, 4.69) is 23.2 Å². The van der Waals surface area contributed by atoms with E-state index < -0.39 is 19.8 Å². The summed E-state index contributed by atoms with van der Waals surface area (Å²) in [6.07, 6.45) is 2.44. The van der Waals surface area contributed by atoms with Crippen LogP contribution in [0.5, 0.6) is 5.75 Å². The fourth-order valence-corrected chi connectivity index (χ4v) is 6.66. The molecule has 1 rings (SSSR count). The van der Waals surface area contributed by atoms with Crippen molar-refractivity contribution in [1.29, 1.82) is 0 Å². The van der Waals surface area contributed by atoms with Crippen LogP contribution in [0.4, 0.5) is 0 Å². The van der Waals surface area contributed by atoms with Crippen molar-refractivity contribution in [1.82, 2.24) is 10.2 Å². The molecule has 4 nitrogen and oxygen atoms in total. The number of nitrogens with zero attached hydrogens (tertiary/aromatic N) is 1. The Morgan fingerprint density at radius 2 is 2.09 bits per heavy atom. The number of phenols is 1. The molecule has 126 valence electrons. The summed E-state index contributed by atoms with van der Waals surface area (Å²) in [7, 11) is 3.50. The third-order valence-corrected chi connectivity index (χ3v) is 8.83. The zero-order chi connectivity index (χ0) is 16.7. The average Bonchev–Trinajstić information content (AvgIpc) is 2.50. The quantitative estimate of drug-likeness (QED) is 0.502. The Labute approximate surface area is 141 Å². The number of rotatable bonds is 8. The second kappa shape index (κ2) is 9.35. The molecule has 22 heavy (non-hydrogen) atoms. The molecule has 2 N–H and O–H groups in total. The van der Waals surface area contributed by atoms with E-state index in [1.807, 2.05) is 19.1 Å². The van der Waals surface area contributed by atoms with E-state index in [1.54, 1.807) is 19.0 Å². The average molecular weight is 420 g/mol. The second-order valence-corrected chi connectivity index (χ2v) is 11.3. The van der Waals surface area contributed by atoms with Crippen LogP contribution in [0, 0.1) is 3.57 Å². The van der Waals surface area contributed by atoms with Gasteiger partial charge in [0, 0.05) is 0 Å². The van der Waals surface area contributed by atoms with Crippen LogP contribution in [0.15, 0.2) is 18.2 Å². The predicted octanol–water partition coefficient (Wildman–Crippen LogP) is 3.06. The van der Waals surface area contributed by atoms with E-state index in [1.165, 1.54) is 17.3 Å². The van der Waals surface area contributed by atoms with Crippen molar-refractivity contribution in [3.63, 3.8) is 0 Å². The molecule has 0 heterocycles. The van der Waals surface area contributed by atoms with Gasteiger partial charge in [-0.3, -0.25) is 0 Å². The number of para-hydroxylation sites is 1. The van der Waals surface area contributed by atoms with Crippen molar-refractivity contribution in [2.75, 3.05) is 23.5 Å². The molecule has 1 aromatic carbocycles. The number of hydrogen-bond acceptors (Lipinski definition) is 3. The predicted molar refractivity (Wildman–Crippen MR) is 102 cm³/mol. The van der Waals surface area contributed by atoms with Gasteiger partial charge in [-0.05, 0) is 0 Å². The monoisotopic (exact) mass is 420 g/mol. The Balaban J connectivity index is 2.74. The number of halogens is 1. The molecule has 0 bridgehead atoms. The number of carbonyl (C=O) groups excluding carboxylic acids is 1. The molecule has 0 saturated heterocycles. The molecule has 1 aromatic rings. The van der Waals surface area contributed by atoms with Gasteiger partial charge in [0.25, 0.3) is 0 Å². The summed E-state index contributed by atoms with van der Waals surface area (Å²) >= 11 is -1.27. The van der Waals surface area contributed by atoms with Gasteiger partial charge in [-0.1, -0.05) is 0 Å². The van der Waals surface area contributed by atoms with Gasteiger partial charge in [0.1, 0.15) is 0 Å². The molecular formula is C17H29IN2O2. The first-order valence-electron chi connectivity index (χ1n) is 7.69. The maximum absolute atomic E-state index is 11.9. The number of nitrogens with one attached hydrogen (secondary N) is 1. The molecule has 0 saturated carbocycles. The van der Waals surface area contributed by atoms with Crippen LogP contribution >= 0.6 is 19.8 Å². The zero-order valence-corrected chi connectivity index (χ0v) is 16.5. The topological polar surface area (TPSA) is 52.6 Å². The minimum absolute atomic E-state index is 0.0440. The van der Waals surface area contributed by atoms with E-state index in [9.17, 15) is 9.90 Å². The molecule has 5 heteroatoms. The Kier molecular flexibility index (Phi) is 8.17. The standard InChI is InChI=1S/C17H29IN2O2/c1-6-7-11-18(3)15-10-8-9-14(16(15)21)12-19-13(2)17(22)20(4)5/h8-10,13,19,21H,6-7,11-12H2,1-5H3. The number of phenolic OH excluding ortho intramolecular Hbond substituents is 1. The van der Waals surface area contributed by atoms with Gasteiger partial charge >= 0.3 is 142 Å². The third kappa shape index (κ3) is 5.43. The molecule has 1 unspecified atom stereocenters. The number of aromatic hydroxyl groups is 1.